The molecule has 0 saturated carbocycles. The van der Waals surface area contributed by atoms with Gasteiger partial charge in [-0.05, 0) is 29.7 Å². The lowest BCUT2D eigenvalue weighted by Crippen LogP contribution is -2.25. The number of rotatable bonds is 7. The third-order valence-corrected chi connectivity index (χ3v) is 5.39. The zero-order valence-corrected chi connectivity index (χ0v) is 17.2. The van der Waals surface area contributed by atoms with E-state index in [9.17, 15) is 9.59 Å². The van der Waals surface area contributed by atoms with Crippen molar-refractivity contribution in [1.82, 2.24) is 9.78 Å². The standard InChI is InChI=1S/C24H19N3O3S/c25-24(29)23(17-8-3-1-4-9-17)30-21(28)14-13-18-16-27(19-10-5-2-6-11-19)26-22(18)20-12-7-15-31-20/h1-16,23H,(H2,25,29)/b14-13+. The summed E-state index contributed by atoms with van der Waals surface area (Å²) in [5, 5.41) is 6.66. The Morgan fingerprint density at radius 1 is 1.00 bits per heavy atom. The highest BCUT2D eigenvalue weighted by Gasteiger charge is 2.21. The van der Waals surface area contributed by atoms with Crippen LogP contribution in [0.3, 0.4) is 0 Å². The van der Waals surface area contributed by atoms with Gasteiger partial charge in [0.15, 0.2) is 0 Å². The van der Waals surface area contributed by atoms with Crippen LogP contribution in [0.25, 0.3) is 22.3 Å². The lowest BCUT2D eigenvalue weighted by molar-refractivity contribution is -0.150. The van der Waals surface area contributed by atoms with Gasteiger partial charge in [-0.3, -0.25) is 4.79 Å². The molecule has 0 spiro atoms. The quantitative estimate of drug-likeness (QED) is 0.349. The summed E-state index contributed by atoms with van der Waals surface area (Å²) in [6.07, 6.45) is 3.61. The largest absolute Gasteiger partial charge is 0.444 e. The van der Waals surface area contributed by atoms with E-state index in [-0.39, 0.29) is 0 Å². The molecule has 31 heavy (non-hydrogen) atoms. The highest BCUT2D eigenvalue weighted by Crippen LogP contribution is 2.28. The Balaban J connectivity index is 1.60. The average Bonchev–Trinajstić information content (AvgIpc) is 3.47. The minimum atomic E-state index is -1.15. The van der Waals surface area contributed by atoms with Crippen molar-refractivity contribution in [3.8, 4) is 16.3 Å². The molecule has 0 bridgehead atoms. The monoisotopic (exact) mass is 429 g/mol. The SMILES string of the molecule is NC(=O)C(OC(=O)/C=C/c1cn(-c2ccccc2)nc1-c1cccs1)c1ccccc1. The van der Waals surface area contributed by atoms with Gasteiger partial charge in [0.25, 0.3) is 5.91 Å². The van der Waals surface area contributed by atoms with Crippen LogP contribution in [0.1, 0.15) is 17.2 Å². The van der Waals surface area contributed by atoms with E-state index in [1.807, 2.05) is 54.0 Å². The van der Waals surface area contributed by atoms with E-state index in [1.165, 1.54) is 6.08 Å². The zero-order chi connectivity index (χ0) is 21.6. The number of nitrogens with two attached hydrogens (primary N) is 1. The lowest BCUT2D eigenvalue weighted by atomic mass is 10.1. The number of para-hydroxylation sites is 1. The van der Waals surface area contributed by atoms with E-state index in [4.69, 9.17) is 10.5 Å². The number of thiophene rings is 1. The number of amides is 1. The minimum absolute atomic E-state index is 0.521. The molecule has 1 unspecified atom stereocenters. The van der Waals surface area contributed by atoms with E-state index in [0.717, 1.165) is 21.8 Å². The second-order valence-electron chi connectivity index (χ2n) is 6.65. The zero-order valence-electron chi connectivity index (χ0n) is 16.4. The van der Waals surface area contributed by atoms with Gasteiger partial charge < -0.3 is 10.5 Å². The van der Waals surface area contributed by atoms with Crippen molar-refractivity contribution in [2.45, 2.75) is 6.10 Å². The Morgan fingerprint density at radius 2 is 1.71 bits per heavy atom. The number of ether oxygens (including phenoxy) is 1. The first-order chi connectivity index (χ1) is 15.1. The first-order valence-corrected chi connectivity index (χ1v) is 10.4. The molecule has 0 aliphatic carbocycles. The van der Waals surface area contributed by atoms with Gasteiger partial charge >= 0.3 is 5.97 Å². The summed E-state index contributed by atoms with van der Waals surface area (Å²) in [7, 11) is 0. The van der Waals surface area contributed by atoms with Gasteiger partial charge in [0.2, 0.25) is 6.10 Å². The summed E-state index contributed by atoms with van der Waals surface area (Å²) in [5.41, 5.74) is 8.35. The van der Waals surface area contributed by atoms with Gasteiger partial charge in [0.05, 0.1) is 10.6 Å². The van der Waals surface area contributed by atoms with Crippen LogP contribution in [0, 0.1) is 0 Å². The molecule has 0 fully saturated rings. The van der Waals surface area contributed by atoms with Gasteiger partial charge in [0, 0.05) is 23.4 Å². The van der Waals surface area contributed by atoms with Crippen molar-refractivity contribution in [3.63, 3.8) is 0 Å². The van der Waals surface area contributed by atoms with Crippen LogP contribution in [0.2, 0.25) is 0 Å². The van der Waals surface area contributed by atoms with Gasteiger partial charge in [-0.2, -0.15) is 5.10 Å². The number of primary amides is 1. The third-order valence-electron chi connectivity index (χ3n) is 4.51. The van der Waals surface area contributed by atoms with Crippen molar-refractivity contribution in [1.29, 1.82) is 0 Å². The van der Waals surface area contributed by atoms with Crippen LogP contribution in [0.4, 0.5) is 0 Å². The lowest BCUT2D eigenvalue weighted by Gasteiger charge is -2.13. The number of esters is 1. The Hall–Kier alpha value is -3.97. The Kier molecular flexibility index (Phi) is 6.05. The number of carbonyl (C=O) groups excluding carboxylic acids is 2. The average molecular weight is 430 g/mol. The van der Waals surface area contributed by atoms with Crippen molar-refractivity contribution >= 4 is 29.3 Å². The minimum Gasteiger partial charge on any atom is -0.444 e. The van der Waals surface area contributed by atoms with Crippen LogP contribution in [0.5, 0.6) is 0 Å². The van der Waals surface area contributed by atoms with E-state index < -0.39 is 18.0 Å². The van der Waals surface area contributed by atoms with Crippen LogP contribution in [0.15, 0.2) is 90.4 Å². The van der Waals surface area contributed by atoms with Crippen LogP contribution < -0.4 is 5.73 Å². The van der Waals surface area contributed by atoms with Crippen molar-refractivity contribution in [2.75, 3.05) is 0 Å². The Labute approximate surface area is 183 Å². The number of aromatic nitrogens is 2. The molecular formula is C24H19N3O3S. The summed E-state index contributed by atoms with van der Waals surface area (Å²) in [6, 6.07) is 22.3. The van der Waals surface area contributed by atoms with Crippen LogP contribution in [-0.2, 0) is 14.3 Å². The number of nitrogens with zero attached hydrogens (tertiary/aromatic N) is 2. The number of benzene rings is 2. The first-order valence-electron chi connectivity index (χ1n) is 9.54. The highest BCUT2D eigenvalue weighted by atomic mass is 32.1. The molecule has 2 aromatic carbocycles. The van der Waals surface area contributed by atoms with Crippen molar-refractivity contribution in [2.24, 2.45) is 5.73 Å². The molecule has 2 heterocycles. The van der Waals surface area contributed by atoms with E-state index in [1.54, 1.807) is 52.4 Å². The molecule has 6 nitrogen and oxygen atoms in total. The molecule has 4 aromatic rings. The number of hydrogen-bond donors (Lipinski definition) is 1. The first kappa shape index (κ1) is 20.3. The number of hydrogen-bond acceptors (Lipinski definition) is 5. The maximum absolute atomic E-state index is 12.4. The van der Waals surface area contributed by atoms with Crippen LogP contribution >= 0.6 is 11.3 Å². The summed E-state index contributed by atoms with van der Waals surface area (Å²) >= 11 is 1.56. The second kappa shape index (κ2) is 9.23. The van der Waals surface area contributed by atoms with Crippen molar-refractivity contribution in [3.05, 3.63) is 102 Å². The smallest absolute Gasteiger partial charge is 0.331 e. The predicted octanol–water partition coefficient (Wildman–Crippen LogP) is 4.38. The molecule has 2 N–H and O–H groups in total. The Bertz CT molecular complexity index is 1200. The molecule has 7 heteroatoms. The van der Waals surface area contributed by atoms with Gasteiger partial charge in [-0.15, -0.1) is 11.3 Å². The number of carbonyl (C=O) groups is 2. The molecule has 1 atom stereocenters. The molecule has 0 aliphatic heterocycles. The second-order valence-corrected chi connectivity index (χ2v) is 7.60. The van der Waals surface area contributed by atoms with E-state index >= 15 is 0 Å². The normalized spacial score (nSPS) is 12.0. The molecule has 2 aromatic heterocycles. The van der Waals surface area contributed by atoms with Gasteiger partial charge in [-0.25, -0.2) is 9.48 Å². The maximum atomic E-state index is 12.4. The molecule has 0 aliphatic rings. The molecule has 0 radical (unpaired) electrons. The topological polar surface area (TPSA) is 87.2 Å². The fourth-order valence-corrected chi connectivity index (χ4v) is 3.79. The van der Waals surface area contributed by atoms with E-state index in [0.29, 0.717) is 5.56 Å². The van der Waals surface area contributed by atoms with Gasteiger partial charge in [0.1, 0.15) is 5.69 Å². The third kappa shape index (κ3) is 4.79. The summed E-state index contributed by atoms with van der Waals surface area (Å²) in [5.74, 6) is -1.40. The summed E-state index contributed by atoms with van der Waals surface area (Å²) < 4.78 is 7.08. The molecule has 0 saturated heterocycles. The predicted molar refractivity (Wildman–Crippen MR) is 120 cm³/mol. The van der Waals surface area contributed by atoms with E-state index in [2.05, 4.69) is 5.10 Å². The summed E-state index contributed by atoms with van der Waals surface area (Å²) in [6.45, 7) is 0. The van der Waals surface area contributed by atoms with Crippen LogP contribution in [-0.4, -0.2) is 21.7 Å². The molecular weight excluding hydrogens is 410 g/mol. The Morgan fingerprint density at radius 3 is 2.35 bits per heavy atom. The molecule has 4 rings (SSSR count). The molecule has 1 amide bonds. The summed E-state index contributed by atoms with van der Waals surface area (Å²) in [4.78, 5) is 25.2. The highest BCUT2D eigenvalue weighted by molar-refractivity contribution is 7.13. The maximum Gasteiger partial charge on any atom is 0.331 e. The molecule has 154 valence electrons. The van der Waals surface area contributed by atoms with Gasteiger partial charge in [-0.1, -0.05) is 54.6 Å². The fraction of sp³-hybridized carbons (Fsp3) is 0.0417. The van der Waals surface area contributed by atoms with Crippen molar-refractivity contribution < 1.29 is 14.3 Å². The fourth-order valence-electron chi connectivity index (χ4n) is 3.06.